The van der Waals surface area contributed by atoms with Crippen molar-refractivity contribution in [1.29, 1.82) is 0 Å². The fraction of sp³-hybridized carbons (Fsp3) is 0.500. The van der Waals surface area contributed by atoms with Gasteiger partial charge in [0, 0.05) is 44.3 Å². The van der Waals surface area contributed by atoms with E-state index in [-0.39, 0.29) is 6.61 Å². The van der Waals surface area contributed by atoms with E-state index >= 15 is 0 Å². The van der Waals surface area contributed by atoms with E-state index in [4.69, 9.17) is 30.5 Å². The predicted octanol–water partition coefficient (Wildman–Crippen LogP) is 2.93. The third-order valence-corrected chi connectivity index (χ3v) is 5.67. The Morgan fingerprint density at radius 2 is 1.78 bits per heavy atom. The van der Waals surface area contributed by atoms with Crippen molar-refractivity contribution in [3.05, 3.63) is 53.1 Å². The molecular weight excluding hydrogens is 432 g/mol. The molecule has 0 aliphatic carbocycles. The molecule has 0 bridgehead atoms. The summed E-state index contributed by atoms with van der Waals surface area (Å²) in [4.78, 5) is 4.63. The minimum Gasteiger partial charge on any atom is -0.493 e. The zero-order valence-electron chi connectivity index (χ0n) is 18.8. The van der Waals surface area contributed by atoms with Crippen LogP contribution in [0.4, 0.5) is 0 Å². The number of aliphatic hydroxyl groups excluding tert-OH is 1. The molecule has 32 heavy (non-hydrogen) atoms. The molecule has 0 amide bonds. The number of rotatable bonds is 12. The molecule has 176 valence electrons. The summed E-state index contributed by atoms with van der Waals surface area (Å²) >= 11 is 5.92. The molecule has 1 fully saturated rings. The van der Waals surface area contributed by atoms with E-state index in [1.165, 1.54) is 0 Å². The van der Waals surface area contributed by atoms with E-state index in [1.807, 2.05) is 18.2 Å². The van der Waals surface area contributed by atoms with Crippen LogP contribution in [0.2, 0.25) is 5.02 Å². The molecule has 1 aliphatic heterocycles. The van der Waals surface area contributed by atoms with Gasteiger partial charge in [-0.3, -0.25) is 9.80 Å². The molecule has 8 heteroatoms. The van der Waals surface area contributed by atoms with E-state index in [0.29, 0.717) is 35.4 Å². The van der Waals surface area contributed by atoms with Crippen LogP contribution in [0, 0.1) is 0 Å². The first-order valence-electron chi connectivity index (χ1n) is 10.9. The van der Waals surface area contributed by atoms with Crippen molar-refractivity contribution >= 4 is 11.6 Å². The minimum atomic E-state index is -0.629. The molecule has 3 rings (SSSR count). The second-order valence-electron chi connectivity index (χ2n) is 7.80. The zero-order chi connectivity index (χ0) is 22.8. The standard InChI is InChI=1S/C24H33ClN2O5/c1-29-23-8-3-19(15-24(23)30-2)16-27(10-9-26-11-13-31-14-12-26)17-21(28)18-32-22-6-4-20(25)5-7-22/h3-8,15,21,28H,9-14,16-18H2,1-2H3/t21-/m1/s1. The van der Waals surface area contributed by atoms with Crippen molar-refractivity contribution in [3.8, 4) is 17.2 Å². The average Bonchev–Trinajstić information content (AvgIpc) is 2.82. The lowest BCUT2D eigenvalue weighted by Gasteiger charge is -2.31. The van der Waals surface area contributed by atoms with Gasteiger partial charge in [-0.1, -0.05) is 17.7 Å². The van der Waals surface area contributed by atoms with Gasteiger partial charge in [-0.05, 0) is 42.0 Å². The summed E-state index contributed by atoms with van der Waals surface area (Å²) < 4.78 is 22.0. The molecule has 0 aromatic heterocycles. The Bertz CT molecular complexity index is 815. The highest BCUT2D eigenvalue weighted by atomic mass is 35.5. The Morgan fingerprint density at radius 3 is 2.47 bits per heavy atom. The number of morpholine rings is 1. The average molecular weight is 465 g/mol. The molecule has 0 radical (unpaired) electrons. The van der Waals surface area contributed by atoms with Crippen molar-refractivity contribution in [1.82, 2.24) is 9.80 Å². The van der Waals surface area contributed by atoms with E-state index in [1.54, 1.807) is 38.5 Å². The highest BCUT2D eigenvalue weighted by Gasteiger charge is 2.17. The number of halogens is 1. The van der Waals surface area contributed by atoms with Gasteiger partial charge in [-0.2, -0.15) is 0 Å². The Kier molecular flexibility index (Phi) is 9.89. The van der Waals surface area contributed by atoms with Crippen LogP contribution in [-0.4, -0.2) is 87.8 Å². The van der Waals surface area contributed by atoms with Crippen LogP contribution in [-0.2, 0) is 11.3 Å². The van der Waals surface area contributed by atoms with Crippen LogP contribution in [0.25, 0.3) is 0 Å². The molecule has 2 aromatic carbocycles. The third-order valence-electron chi connectivity index (χ3n) is 5.42. The number of methoxy groups -OCH3 is 2. The number of hydrogen-bond acceptors (Lipinski definition) is 7. The van der Waals surface area contributed by atoms with Gasteiger partial charge < -0.3 is 24.1 Å². The summed E-state index contributed by atoms with van der Waals surface area (Å²) in [6.07, 6.45) is -0.629. The molecule has 0 spiro atoms. The van der Waals surface area contributed by atoms with Crippen LogP contribution >= 0.6 is 11.6 Å². The van der Waals surface area contributed by atoms with Crippen LogP contribution in [0.5, 0.6) is 17.2 Å². The quantitative estimate of drug-likeness (QED) is 0.518. The molecule has 2 aromatic rings. The molecule has 0 saturated carbocycles. The van der Waals surface area contributed by atoms with E-state index in [0.717, 1.165) is 45.0 Å². The van der Waals surface area contributed by atoms with Crippen molar-refractivity contribution in [3.63, 3.8) is 0 Å². The minimum absolute atomic E-state index is 0.210. The number of ether oxygens (including phenoxy) is 4. The van der Waals surface area contributed by atoms with Gasteiger partial charge in [0.1, 0.15) is 18.5 Å². The van der Waals surface area contributed by atoms with E-state index in [2.05, 4.69) is 9.80 Å². The summed E-state index contributed by atoms with van der Waals surface area (Å²) in [5.41, 5.74) is 1.09. The van der Waals surface area contributed by atoms with Crippen LogP contribution in [0.3, 0.4) is 0 Å². The maximum absolute atomic E-state index is 10.7. The van der Waals surface area contributed by atoms with Gasteiger partial charge in [0.15, 0.2) is 11.5 Å². The summed E-state index contributed by atoms with van der Waals surface area (Å²) in [6.45, 7) is 6.55. The van der Waals surface area contributed by atoms with Gasteiger partial charge in [0.05, 0.1) is 27.4 Å². The predicted molar refractivity (Wildman–Crippen MR) is 125 cm³/mol. The lowest BCUT2D eigenvalue weighted by atomic mass is 10.1. The van der Waals surface area contributed by atoms with Crippen LogP contribution in [0.15, 0.2) is 42.5 Å². The van der Waals surface area contributed by atoms with E-state index < -0.39 is 6.10 Å². The zero-order valence-corrected chi connectivity index (χ0v) is 19.6. The van der Waals surface area contributed by atoms with Crippen LogP contribution in [0.1, 0.15) is 5.56 Å². The second kappa shape index (κ2) is 12.9. The van der Waals surface area contributed by atoms with Crippen molar-refractivity contribution < 1.29 is 24.1 Å². The lowest BCUT2D eigenvalue weighted by Crippen LogP contribution is -2.43. The summed E-state index contributed by atoms with van der Waals surface area (Å²) in [5, 5.41) is 11.3. The Hall–Kier alpha value is -2.03. The SMILES string of the molecule is COc1ccc(CN(CCN2CCOCC2)C[C@@H](O)COc2ccc(Cl)cc2)cc1OC. The maximum atomic E-state index is 10.7. The fourth-order valence-corrected chi connectivity index (χ4v) is 3.78. The number of hydrogen-bond donors (Lipinski definition) is 1. The Balaban J connectivity index is 1.60. The van der Waals surface area contributed by atoms with Gasteiger partial charge in [0.2, 0.25) is 0 Å². The summed E-state index contributed by atoms with van der Waals surface area (Å²) in [5.74, 6) is 2.09. The molecular formula is C24H33ClN2O5. The smallest absolute Gasteiger partial charge is 0.161 e. The van der Waals surface area contributed by atoms with Crippen molar-refractivity contribution in [2.45, 2.75) is 12.6 Å². The summed E-state index contributed by atoms with van der Waals surface area (Å²) in [7, 11) is 3.26. The van der Waals surface area contributed by atoms with E-state index in [9.17, 15) is 5.11 Å². The second-order valence-corrected chi connectivity index (χ2v) is 8.23. The molecule has 1 N–H and O–H groups in total. The monoisotopic (exact) mass is 464 g/mol. The molecule has 7 nitrogen and oxygen atoms in total. The van der Waals surface area contributed by atoms with Crippen molar-refractivity contribution in [2.75, 3.05) is 66.8 Å². The first kappa shape index (κ1) is 24.6. The number of benzene rings is 2. The molecule has 0 unspecified atom stereocenters. The maximum Gasteiger partial charge on any atom is 0.161 e. The highest BCUT2D eigenvalue weighted by molar-refractivity contribution is 6.30. The molecule has 1 heterocycles. The van der Waals surface area contributed by atoms with Gasteiger partial charge in [0.25, 0.3) is 0 Å². The number of aliphatic hydroxyl groups is 1. The summed E-state index contributed by atoms with van der Waals surface area (Å²) in [6, 6.07) is 13.1. The topological polar surface area (TPSA) is 63.6 Å². The molecule has 1 saturated heterocycles. The van der Waals surface area contributed by atoms with Gasteiger partial charge in [-0.15, -0.1) is 0 Å². The molecule has 1 atom stereocenters. The number of nitrogens with zero attached hydrogens (tertiary/aromatic N) is 2. The normalized spacial score (nSPS) is 15.5. The van der Waals surface area contributed by atoms with Crippen molar-refractivity contribution in [2.24, 2.45) is 0 Å². The largest absolute Gasteiger partial charge is 0.493 e. The Labute approximate surface area is 195 Å². The van der Waals surface area contributed by atoms with Gasteiger partial charge >= 0.3 is 0 Å². The lowest BCUT2D eigenvalue weighted by molar-refractivity contribution is 0.0256. The fourth-order valence-electron chi connectivity index (χ4n) is 3.65. The first-order chi connectivity index (χ1) is 15.6. The Morgan fingerprint density at radius 1 is 1.06 bits per heavy atom. The van der Waals surface area contributed by atoms with Gasteiger partial charge in [-0.25, -0.2) is 0 Å². The highest BCUT2D eigenvalue weighted by Crippen LogP contribution is 2.28. The molecule has 1 aliphatic rings. The third kappa shape index (κ3) is 7.83. The van der Waals surface area contributed by atoms with Crippen LogP contribution < -0.4 is 14.2 Å². The first-order valence-corrected chi connectivity index (χ1v) is 11.2.